The third kappa shape index (κ3) is 2.49. The van der Waals surface area contributed by atoms with E-state index < -0.39 is 0 Å². The monoisotopic (exact) mass is 244 g/mol. The van der Waals surface area contributed by atoms with Crippen molar-refractivity contribution in [3.63, 3.8) is 0 Å². The average Bonchev–Trinajstić information content (AvgIpc) is 2.37. The van der Waals surface area contributed by atoms with Crippen LogP contribution in [0.5, 0.6) is 0 Å². The van der Waals surface area contributed by atoms with Crippen molar-refractivity contribution in [2.24, 2.45) is 5.41 Å². The molecule has 0 amide bonds. The summed E-state index contributed by atoms with van der Waals surface area (Å²) in [7, 11) is 0. The fourth-order valence-electron chi connectivity index (χ4n) is 3.28. The Hall–Kier alpha value is -1.15. The maximum absolute atomic E-state index is 11.3. The molecule has 2 aliphatic carbocycles. The molecule has 0 bridgehead atoms. The van der Waals surface area contributed by atoms with Gasteiger partial charge in [-0.25, -0.2) is 0 Å². The molecule has 1 spiro atoms. The van der Waals surface area contributed by atoms with Crippen molar-refractivity contribution >= 4 is 5.78 Å². The number of hydrogen-bond acceptors (Lipinski definition) is 2. The van der Waals surface area contributed by atoms with Gasteiger partial charge in [0.1, 0.15) is 5.78 Å². The van der Waals surface area contributed by atoms with Gasteiger partial charge in [-0.2, -0.15) is 0 Å². The van der Waals surface area contributed by atoms with E-state index in [1.165, 1.54) is 5.56 Å². The standard InChI is InChI=1S/C16H20O2/c17-14-6-8-16(9-7-14)10-15(11-16)18-12-13-4-2-1-3-5-13/h1-5,15H,6-12H2. The van der Waals surface area contributed by atoms with E-state index in [4.69, 9.17) is 4.74 Å². The first-order valence-electron chi connectivity index (χ1n) is 6.93. The second-order valence-corrected chi connectivity index (χ2v) is 5.87. The minimum atomic E-state index is 0.415. The van der Waals surface area contributed by atoms with Gasteiger partial charge in [0.2, 0.25) is 0 Å². The highest BCUT2D eigenvalue weighted by Crippen LogP contribution is 2.52. The number of Topliss-reactive ketones (excluding diaryl/α,β-unsaturated/α-hetero) is 1. The first-order valence-corrected chi connectivity index (χ1v) is 6.93. The lowest BCUT2D eigenvalue weighted by atomic mass is 9.59. The second-order valence-electron chi connectivity index (χ2n) is 5.87. The number of carbonyl (C=O) groups is 1. The van der Waals surface area contributed by atoms with Crippen molar-refractivity contribution in [1.29, 1.82) is 0 Å². The molecular weight excluding hydrogens is 224 g/mol. The van der Waals surface area contributed by atoms with Crippen molar-refractivity contribution in [2.75, 3.05) is 0 Å². The summed E-state index contributed by atoms with van der Waals surface area (Å²) in [6, 6.07) is 10.3. The molecule has 0 heterocycles. The SMILES string of the molecule is O=C1CCC2(CC1)CC(OCc1ccccc1)C2. The van der Waals surface area contributed by atoms with Crippen LogP contribution in [-0.2, 0) is 16.1 Å². The van der Waals surface area contributed by atoms with E-state index in [0.29, 0.717) is 17.3 Å². The summed E-state index contributed by atoms with van der Waals surface area (Å²) in [6.07, 6.45) is 6.52. The average molecular weight is 244 g/mol. The third-order valence-electron chi connectivity index (χ3n) is 4.52. The molecule has 0 aromatic heterocycles. The molecule has 18 heavy (non-hydrogen) atoms. The van der Waals surface area contributed by atoms with Gasteiger partial charge in [0.15, 0.2) is 0 Å². The van der Waals surface area contributed by atoms with Gasteiger partial charge in [-0.1, -0.05) is 30.3 Å². The zero-order valence-corrected chi connectivity index (χ0v) is 10.7. The van der Waals surface area contributed by atoms with Crippen LogP contribution in [-0.4, -0.2) is 11.9 Å². The molecule has 0 atom stereocenters. The number of benzene rings is 1. The Balaban J connectivity index is 1.44. The van der Waals surface area contributed by atoms with E-state index in [-0.39, 0.29) is 0 Å². The van der Waals surface area contributed by atoms with E-state index in [9.17, 15) is 4.79 Å². The van der Waals surface area contributed by atoms with Crippen molar-refractivity contribution in [3.05, 3.63) is 35.9 Å². The normalized spacial score (nSPS) is 23.0. The molecule has 0 N–H and O–H groups in total. The number of hydrogen-bond donors (Lipinski definition) is 0. The van der Waals surface area contributed by atoms with Crippen molar-refractivity contribution in [2.45, 2.75) is 51.2 Å². The van der Waals surface area contributed by atoms with Gasteiger partial charge in [-0.3, -0.25) is 4.79 Å². The quantitative estimate of drug-likeness (QED) is 0.813. The Labute approximate surface area is 108 Å². The van der Waals surface area contributed by atoms with Gasteiger partial charge in [0.25, 0.3) is 0 Å². The summed E-state index contributed by atoms with van der Waals surface area (Å²) in [5.41, 5.74) is 1.70. The molecule has 1 aromatic rings. The molecule has 2 aliphatic rings. The Morgan fingerprint density at radius 2 is 1.78 bits per heavy atom. The summed E-state index contributed by atoms with van der Waals surface area (Å²) in [5.74, 6) is 0.453. The maximum atomic E-state index is 11.3. The highest BCUT2D eigenvalue weighted by molar-refractivity contribution is 5.79. The molecular formula is C16H20O2. The van der Waals surface area contributed by atoms with Crippen molar-refractivity contribution < 1.29 is 9.53 Å². The summed E-state index contributed by atoms with van der Waals surface area (Å²) in [5, 5.41) is 0. The molecule has 1 aromatic carbocycles. The largest absolute Gasteiger partial charge is 0.374 e. The number of carbonyl (C=O) groups excluding carboxylic acids is 1. The van der Waals surface area contributed by atoms with Crippen LogP contribution in [0.4, 0.5) is 0 Å². The zero-order valence-electron chi connectivity index (χ0n) is 10.7. The van der Waals surface area contributed by atoms with Crippen LogP contribution in [0.3, 0.4) is 0 Å². The van der Waals surface area contributed by atoms with E-state index in [1.54, 1.807) is 0 Å². The van der Waals surface area contributed by atoms with E-state index in [2.05, 4.69) is 12.1 Å². The predicted molar refractivity (Wildman–Crippen MR) is 70.2 cm³/mol. The molecule has 2 saturated carbocycles. The van der Waals surface area contributed by atoms with E-state index in [1.807, 2.05) is 18.2 Å². The molecule has 2 nitrogen and oxygen atoms in total. The van der Waals surface area contributed by atoms with Crippen LogP contribution in [0.1, 0.15) is 44.1 Å². The Morgan fingerprint density at radius 3 is 2.44 bits per heavy atom. The van der Waals surface area contributed by atoms with Gasteiger partial charge in [0.05, 0.1) is 12.7 Å². The number of ether oxygens (including phenoxy) is 1. The summed E-state index contributed by atoms with van der Waals surface area (Å²) >= 11 is 0. The molecule has 3 rings (SSSR count). The lowest BCUT2D eigenvalue weighted by molar-refractivity contribution is -0.133. The minimum absolute atomic E-state index is 0.415. The van der Waals surface area contributed by atoms with E-state index in [0.717, 1.165) is 45.1 Å². The highest BCUT2D eigenvalue weighted by atomic mass is 16.5. The molecule has 0 unspecified atom stereocenters. The first-order chi connectivity index (χ1) is 8.76. The Kier molecular flexibility index (Phi) is 3.21. The first kappa shape index (κ1) is 11.9. The van der Waals surface area contributed by atoms with Crippen LogP contribution in [0, 0.1) is 5.41 Å². The topological polar surface area (TPSA) is 26.3 Å². The fourth-order valence-corrected chi connectivity index (χ4v) is 3.28. The lowest BCUT2D eigenvalue weighted by Crippen LogP contribution is -2.44. The Morgan fingerprint density at radius 1 is 1.11 bits per heavy atom. The lowest BCUT2D eigenvalue weighted by Gasteiger charge is -2.49. The van der Waals surface area contributed by atoms with Gasteiger partial charge < -0.3 is 4.74 Å². The summed E-state index contributed by atoms with van der Waals surface area (Å²) < 4.78 is 5.93. The van der Waals surface area contributed by atoms with Crippen molar-refractivity contribution in [1.82, 2.24) is 0 Å². The molecule has 96 valence electrons. The third-order valence-corrected chi connectivity index (χ3v) is 4.52. The Bertz CT molecular complexity index is 406. The van der Waals surface area contributed by atoms with Crippen LogP contribution in [0.2, 0.25) is 0 Å². The highest BCUT2D eigenvalue weighted by Gasteiger charge is 2.46. The molecule has 0 saturated heterocycles. The van der Waals surface area contributed by atoms with Crippen molar-refractivity contribution in [3.8, 4) is 0 Å². The van der Waals surface area contributed by atoms with Gasteiger partial charge in [-0.15, -0.1) is 0 Å². The van der Waals surface area contributed by atoms with Crippen LogP contribution < -0.4 is 0 Å². The number of rotatable bonds is 3. The molecule has 0 radical (unpaired) electrons. The second kappa shape index (κ2) is 4.85. The van der Waals surface area contributed by atoms with E-state index >= 15 is 0 Å². The number of ketones is 1. The predicted octanol–water partition coefficient (Wildman–Crippen LogP) is 3.50. The van der Waals surface area contributed by atoms with Crippen LogP contribution in [0.15, 0.2) is 30.3 Å². The minimum Gasteiger partial charge on any atom is -0.374 e. The summed E-state index contributed by atoms with van der Waals surface area (Å²) in [6.45, 7) is 0.723. The van der Waals surface area contributed by atoms with Gasteiger partial charge in [-0.05, 0) is 36.7 Å². The van der Waals surface area contributed by atoms with Gasteiger partial charge in [0, 0.05) is 12.8 Å². The fraction of sp³-hybridized carbons (Fsp3) is 0.562. The molecule has 0 aliphatic heterocycles. The van der Waals surface area contributed by atoms with Gasteiger partial charge >= 0.3 is 0 Å². The molecule has 2 heteroatoms. The summed E-state index contributed by atoms with van der Waals surface area (Å²) in [4.78, 5) is 11.3. The zero-order chi connectivity index (χ0) is 12.4. The van der Waals surface area contributed by atoms with Crippen LogP contribution >= 0.6 is 0 Å². The smallest absolute Gasteiger partial charge is 0.132 e. The maximum Gasteiger partial charge on any atom is 0.132 e. The van der Waals surface area contributed by atoms with Crippen LogP contribution in [0.25, 0.3) is 0 Å². The molecule has 2 fully saturated rings.